The number of hydrogen-bond donors (Lipinski definition) is 3. The molecule has 3 N–H and O–H groups in total. The van der Waals surface area contributed by atoms with Gasteiger partial charge in [0.1, 0.15) is 0 Å². The first-order valence-corrected chi connectivity index (χ1v) is 4.87. The highest BCUT2D eigenvalue weighted by Crippen LogP contribution is 2.09. The maximum Gasteiger partial charge on any atom is 0.323 e. The van der Waals surface area contributed by atoms with Crippen LogP contribution in [-0.2, 0) is 0 Å². The lowest BCUT2D eigenvalue weighted by atomic mass is 10.2. The van der Waals surface area contributed by atoms with E-state index in [9.17, 15) is 4.79 Å². The molecule has 0 spiro atoms. The topological polar surface area (TPSA) is 69.8 Å². The highest BCUT2D eigenvalue weighted by Gasteiger charge is 2.02. The van der Waals surface area contributed by atoms with Gasteiger partial charge in [-0.3, -0.25) is 5.10 Å². The Morgan fingerprint density at radius 2 is 1.88 bits per heavy atom. The molecule has 0 aliphatic heterocycles. The van der Waals surface area contributed by atoms with E-state index in [1.165, 1.54) is 6.20 Å². The number of nitrogens with zero attached hydrogens (tertiary/aromatic N) is 1. The molecule has 0 bridgehead atoms. The maximum absolute atomic E-state index is 11.5. The van der Waals surface area contributed by atoms with Gasteiger partial charge in [-0.05, 0) is 19.1 Å². The number of amides is 2. The van der Waals surface area contributed by atoms with Crippen LogP contribution >= 0.6 is 0 Å². The number of anilines is 2. The minimum Gasteiger partial charge on any atom is -0.308 e. The number of aromatic amines is 1. The van der Waals surface area contributed by atoms with Crippen LogP contribution < -0.4 is 10.6 Å². The summed E-state index contributed by atoms with van der Waals surface area (Å²) in [7, 11) is 0. The molecule has 1 aromatic heterocycles. The number of urea groups is 1. The number of rotatable bonds is 2. The number of aromatic nitrogens is 2. The van der Waals surface area contributed by atoms with E-state index in [2.05, 4.69) is 20.8 Å². The standard InChI is InChI=1S/C11H12N4O/c1-8-2-4-9(5-3-8)14-11(16)15-10-6-12-13-7-10/h2-7H,1H3,(H,12,13)(H2,14,15,16). The minimum absolute atomic E-state index is 0.287. The minimum atomic E-state index is -0.287. The molecule has 0 saturated carbocycles. The molecular formula is C11H12N4O. The second-order valence-electron chi connectivity index (χ2n) is 3.43. The number of benzene rings is 1. The number of H-pyrrole nitrogens is 1. The third-order valence-corrected chi connectivity index (χ3v) is 2.07. The summed E-state index contributed by atoms with van der Waals surface area (Å²) in [6.07, 6.45) is 3.14. The van der Waals surface area contributed by atoms with Crippen LogP contribution in [0.4, 0.5) is 16.2 Å². The summed E-state index contributed by atoms with van der Waals surface area (Å²) in [5.41, 5.74) is 2.54. The van der Waals surface area contributed by atoms with E-state index in [1.807, 2.05) is 31.2 Å². The van der Waals surface area contributed by atoms with Gasteiger partial charge in [0.05, 0.1) is 11.9 Å². The molecule has 16 heavy (non-hydrogen) atoms. The van der Waals surface area contributed by atoms with Crippen LogP contribution in [0.1, 0.15) is 5.56 Å². The molecule has 0 saturated heterocycles. The van der Waals surface area contributed by atoms with Gasteiger partial charge in [-0.1, -0.05) is 17.7 Å². The van der Waals surface area contributed by atoms with Gasteiger partial charge < -0.3 is 10.6 Å². The molecule has 0 fully saturated rings. The second kappa shape index (κ2) is 4.48. The second-order valence-corrected chi connectivity index (χ2v) is 3.43. The molecule has 2 amide bonds. The van der Waals surface area contributed by atoms with Crippen LogP contribution in [0.5, 0.6) is 0 Å². The first-order valence-electron chi connectivity index (χ1n) is 4.87. The van der Waals surface area contributed by atoms with Crippen molar-refractivity contribution in [2.75, 3.05) is 10.6 Å². The quantitative estimate of drug-likeness (QED) is 0.721. The monoisotopic (exact) mass is 216 g/mol. The van der Waals surface area contributed by atoms with E-state index in [0.29, 0.717) is 5.69 Å². The average Bonchev–Trinajstić information content (AvgIpc) is 2.74. The molecule has 0 aliphatic carbocycles. The Bertz CT molecular complexity index is 461. The predicted octanol–water partition coefficient (Wildman–Crippen LogP) is 2.36. The molecule has 1 heterocycles. The molecular weight excluding hydrogens is 204 g/mol. The van der Waals surface area contributed by atoms with Gasteiger partial charge in [0.2, 0.25) is 0 Å². The lowest BCUT2D eigenvalue weighted by molar-refractivity contribution is 0.262. The summed E-state index contributed by atoms with van der Waals surface area (Å²) in [5, 5.41) is 11.7. The SMILES string of the molecule is Cc1ccc(NC(=O)Nc2cn[nH]c2)cc1. The Labute approximate surface area is 92.9 Å². The van der Waals surface area contributed by atoms with Crippen molar-refractivity contribution >= 4 is 17.4 Å². The lowest BCUT2D eigenvalue weighted by Crippen LogP contribution is -2.18. The molecule has 5 nitrogen and oxygen atoms in total. The molecule has 0 atom stereocenters. The molecule has 1 aromatic carbocycles. The van der Waals surface area contributed by atoms with Gasteiger partial charge in [0, 0.05) is 11.9 Å². The van der Waals surface area contributed by atoms with Crippen LogP contribution in [0.25, 0.3) is 0 Å². The summed E-state index contributed by atoms with van der Waals surface area (Å²) in [4.78, 5) is 11.5. The number of carbonyl (C=O) groups is 1. The van der Waals surface area contributed by atoms with Crippen molar-refractivity contribution in [2.24, 2.45) is 0 Å². The lowest BCUT2D eigenvalue weighted by Gasteiger charge is -2.05. The van der Waals surface area contributed by atoms with E-state index >= 15 is 0 Å². The smallest absolute Gasteiger partial charge is 0.308 e. The fourth-order valence-electron chi connectivity index (χ4n) is 1.25. The zero-order chi connectivity index (χ0) is 11.4. The largest absolute Gasteiger partial charge is 0.323 e. The Kier molecular flexibility index (Phi) is 2.86. The number of nitrogens with one attached hydrogen (secondary N) is 3. The van der Waals surface area contributed by atoms with Gasteiger partial charge in [-0.25, -0.2) is 4.79 Å². The fourth-order valence-corrected chi connectivity index (χ4v) is 1.25. The summed E-state index contributed by atoms with van der Waals surface area (Å²) in [6.45, 7) is 2.00. The summed E-state index contributed by atoms with van der Waals surface area (Å²) in [5.74, 6) is 0. The van der Waals surface area contributed by atoms with E-state index in [-0.39, 0.29) is 6.03 Å². The summed E-state index contributed by atoms with van der Waals surface area (Å²) in [6, 6.07) is 7.29. The Hall–Kier alpha value is -2.30. The Balaban J connectivity index is 1.95. The average molecular weight is 216 g/mol. The van der Waals surface area contributed by atoms with E-state index in [1.54, 1.807) is 6.20 Å². The zero-order valence-electron chi connectivity index (χ0n) is 8.82. The van der Waals surface area contributed by atoms with Crippen LogP contribution in [-0.4, -0.2) is 16.2 Å². The molecule has 0 radical (unpaired) electrons. The molecule has 2 aromatic rings. The van der Waals surface area contributed by atoms with Crippen molar-refractivity contribution < 1.29 is 4.79 Å². The van der Waals surface area contributed by atoms with Crippen molar-refractivity contribution in [3.8, 4) is 0 Å². The molecule has 2 rings (SSSR count). The normalized spacial score (nSPS) is 9.81. The van der Waals surface area contributed by atoms with E-state index < -0.39 is 0 Å². The van der Waals surface area contributed by atoms with Crippen LogP contribution in [0, 0.1) is 6.92 Å². The van der Waals surface area contributed by atoms with Crippen LogP contribution in [0.2, 0.25) is 0 Å². The molecule has 0 aliphatic rings. The van der Waals surface area contributed by atoms with Crippen molar-refractivity contribution in [3.63, 3.8) is 0 Å². The highest BCUT2D eigenvalue weighted by molar-refractivity contribution is 5.99. The van der Waals surface area contributed by atoms with Gasteiger partial charge in [0.15, 0.2) is 0 Å². The zero-order valence-corrected chi connectivity index (χ0v) is 8.82. The number of hydrogen-bond acceptors (Lipinski definition) is 2. The van der Waals surface area contributed by atoms with E-state index in [0.717, 1.165) is 11.3 Å². The predicted molar refractivity (Wildman–Crippen MR) is 62.4 cm³/mol. The highest BCUT2D eigenvalue weighted by atomic mass is 16.2. The first-order chi connectivity index (χ1) is 7.74. The molecule has 5 heteroatoms. The van der Waals surface area contributed by atoms with Crippen LogP contribution in [0.15, 0.2) is 36.7 Å². The molecule has 82 valence electrons. The van der Waals surface area contributed by atoms with Gasteiger partial charge in [-0.15, -0.1) is 0 Å². The number of aryl methyl sites for hydroxylation is 1. The van der Waals surface area contributed by atoms with Crippen molar-refractivity contribution in [2.45, 2.75) is 6.92 Å². The van der Waals surface area contributed by atoms with Gasteiger partial charge >= 0.3 is 6.03 Å². The van der Waals surface area contributed by atoms with Crippen molar-refractivity contribution in [3.05, 3.63) is 42.2 Å². The third-order valence-electron chi connectivity index (χ3n) is 2.07. The Morgan fingerprint density at radius 1 is 1.19 bits per heavy atom. The van der Waals surface area contributed by atoms with Crippen molar-refractivity contribution in [1.29, 1.82) is 0 Å². The molecule has 0 unspecified atom stereocenters. The van der Waals surface area contributed by atoms with Gasteiger partial charge in [-0.2, -0.15) is 5.10 Å². The summed E-state index contributed by atoms with van der Waals surface area (Å²) < 4.78 is 0. The van der Waals surface area contributed by atoms with Crippen LogP contribution in [0.3, 0.4) is 0 Å². The fraction of sp³-hybridized carbons (Fsp3) is 0.0909. The van der Waals surface area contributed by atoms with Gasteiger partial charge in [0.25, 0.3) is 0 Å². The third kappa shape index (κ3) is 2.60. The Morgan fingerprint density at radius 3 is 2.50 bits per heavy atom. The summed E-state index contributed by atoms with van der Waals surface area (Å²) >= 11 is 0. The number of carbonyl (C=O) groups excluding carboxylic acids is 1. The first kappa shape index (κ1) is 10.2. The van der Waals surface area contributed by atoms with Crippen molar-refractivity contribution in [1.82, 2.24) is 10.2 Å². The van der Waals surface area contributed by atoms with E-state index in [4.69, 9.17) is 0 Å². The maximum atomic E-state index is 11.5.